The van der Waals surface area contributed by atoms with Crippen molar-refractivity contribution in [3.05, 3.63) is 47.8 Å². The number of anilines is 1. The van der Waals surface area contributed by atoms with Gasteiger partial charge in [-0.15, -0.1) is 0 Å². The van der Waals surface area contributed by atoms with Gasteiger partial charge in [0.05, 0.1) is 10.9 Å². The van der Waals surface area contributed by atoms with Gasteiger partial charge in [-0.25, -0.2) is 13.1 Å². The molecular formula is C21H30N4O3S. The van der Waals surface area contributed by atoms with Crippen LogP contribution >= 0.6 is 0 Å². The van der Waals surface area contributed by atoms with Gasteiger partial charge < -0.3 is 9.88 Å². The molecule has 7 nitrogen and oxygen atoms in total. The van der Waals surface area contributed by atoms with Crippen molar-refractivity contribution in [2.75, 3.05) is 25.0 Å². The van der Waals surface area contributed by atoms with Crippen molar-refractivity contribution in [3.8, 4) is 0 Å². The van der Waals surface area contributed by atoms with Crippen LogP contribution in [0.25, 0.3) is 0 Å². The van der Waals surface area contributed by atoms with E-state index in [4.69, 9.17) is 0 Å². The van der Waals surface area contributed by atoms with Gasteiger partial charge in [0.25, 0.3) is 0 Å². The van der Waals surface area contributed by atoms with Gasteiger partial charge in [-0.1, -0.05) is 6.92 Å². The third-order valence-corrected chi connectivity index (χ3v) is 7.03. The maximum atomic E-state index is 13.0. The first-order valence-electron chi connectivity index (χ1n) is 10.1. The van der Waals surface area contributed by atoms with Crippen LogP contribution in [-0.4, -0.2) is 43.4 Å². The number of aromatic nitrogens is 1. The van der Waals surface area contributed by atoms with Gasteiger partial charge in [0.15, 0.2) is 0 Å². The van der Waals surface area contributed by atoms with Gasteiger partial charge in [0.2, 0.25) is 15.9 Å². The Bertz CT molecular complexity index is 962. The molecule has 2 heterocycles. The first kappa shape index (κ1) is 21.5. The Labute approximate surface area is 173 Å². The number of benzene rings is 1. The van der Waals surface area contributed by atoms with Crippen molar-refractivity contribution in [3.63, 3.8) is 0 Å². The quantitative estimate of drug-likeness (QED) is 0.691. The summed E-state index contributed by atoms with van der Waals surface area (Å²) in [5, 5.41) is 2.76. The molecule has 29 heavy (non-hydrogen) atoms. The SMILES string of the molecule is CCC(=O)Nc1ccc(S(=O)(=O)NC[C@@H](c2cccn2C)N2CCCC2)c(C)c1. The Morgan fingerprint density at radius 1 is 1.21 bits per heavy atom. The van der Waals surface area contributed by atoms with Crippen molar-refractivity contribution >= 4 is 21.6 Å². The third kappa shape index (κ3) is 5.07. The lowest BCUT2D eigenvalue weighted by Crippen LogP contribution is -2.37. The number of likely N-dealkylation sites (tertiary alicyclic amines) is 1. The van der Waals surface area contributed by atoms with Crippen LogP contribution in [0, 0.1) is 6.92 Å². The normalized spacial score (nSPS) is 16.1. The largest absolute Gasteiger partial charge is 0.353 e. The number of carbonyl (C=O) groups is 1. The van der Waals surface area contributed by atoms with Crippen LogP contribution in [0.4, 0.5) is 5.69 Å². The van der Waals surface area contributed by atoms with E-state index in [1.54, 1.807) is 32.0 Å². The molecular weight excluding hydrogens is 388 g/mol. The van der Waals surface area contributed by atoms with Gasteiger partial charge >= 0.3 is 0 Å². The molecule has 3 rings (SSSR count). The average molecular weight is 419 g/mol. The number of nitrogens with zero attached hydrogens (tertiary/aromatic N) is 2. The smallest absolute Gasteiger partial charge is 0.240 e. The number of carbonyl (C=O) groups excluding carboxylic acids is 1. The van der Waals surface area contributed by atoms with Gasteiger partial charge in [0.1, 0.15) is 0 Å². The Balaban J connectivity index is 1.77. The first-order valence-corrected chi connectivity index (χ1v) is 11.6. The second kappa shape index (κ2) is 9.11. The number of hydrogen-bond donors (Lipinski definition) is 2. The van der Waals surface area contributed by atoms with Crippen LogP contribution in [0.1, 0.15) is 43.5 Å². The van der Waals surface area contributed by atoms with Crippen LogP contribution < -0.4 is 10.0 Å². The van der Waals surface area contributed by atoms with E-state index in [2.05, 4.69) is 14.9 Å². The maximum Gasteiger partial charge on any atom is 0.240 e. The summed E-state index contributed by atoms with van der Waals surface area (Å²) in [6.45, 7) is 5.78. The Morgan fingerprint density at radius 2 is 1.93 bits per heavy atom. The van der Waals surface area contributed by atoms with E-state index in [1.165, 1.54) is 0 Å². The zero-order chi connectivity index (χ0) is 21.0. The molecule has 0 aliphatic carbocycles. The number of aryl methyl sites for hydroxylation is 2. The van der Waals surface area contributed by atoms with Crippen LogP contribution in [0.15, 0.2) is 41.4 Å². The summed E-state index contributed by atoms with van der Waals surface area (Å²) in [4.78, 5) is 14.1. The minimum atomic E-state index is -3.67. The van der Waals surface area contributed by atoms with Gasteiger partial charge in [-0.05, 0) is 68.8 Å². The van der Waals surface area contributed by atoms with Gasteiger partial charge in [-0.2, -0.15) is 0 Å². The van der Waals surface area contributed by atoms with Crippen molar-refractivity contribution in [1.29, 1.82) is 0 Å². The number of rotatable bonds is 8. The standard InChI is InChI=1S/C21H30N4O3S/c1-4-21(26)23-17-9-10-20(16(2)14-17)29(27,28)22-15-19(25-12-5-6-13-25)18-8-7-11-24(18)3/h7-11,14,19,22H,4-6,12-13,15H2,1-3H3,(H,23,26)/t19-/m0/s1. The Morgan fingerprint density at radius 3 is 2.52 bits per heavy atom. The van der Waals surface area contributed by atoms with Gasteiger partial charge in [0, 0.05) is 37.6 Å². The molecule has 1 aromatic heterocycles. The van der Waals surface area contributed by atoms with Crippen LogP contribution in [0.2, 0.25) is 0 Å². The minimum Gasteiger partial charge on any atom is -0.353 e. The van der Waals surface area contributed by atoms with E-state index in [9.17, 15) is 13.2 Å². The van der Waals surface area contributed by atoms with Crippen LogP contribution in [0.3, 0.4) is 0 Å². The zero-order valence-corrected chi connectivity index (χ0v) is 18.1. The molecule has 158 valence electrons. The predicted octanol–water partition coefficient (Wildman–Crippen LogP) is 2.80. The van der Waals surface area contributed by atoms with E-state index in [0.29, 0.717) is 24.2 Å². The van der Waals surface area contributed by atoms with Crippen molar-refractivity contribution in [1.82, 2.24) is 14.2 Å². The summed E-state index contributed by atoms with van der Waals surface area (Å²) < 4.78 is 30.8. The van der Waals surface area contributed by atoms with E-state index in [1.807, 2.05) is 29.9 Å². The van der Waals surface area contributed by atoms with Crippen LogP contribution in [-0.2, 0) is 21.9 Å². The highest BCUT2D eigenvalue weighted by atomic mass is 32.2. The highest BCUT2D eigenvalue weighted by Crippen LogP contribution is 2.26. The molecule has 1 aliphatic rings. The molecule has 1 fully saturated rings. The molecule has 1 saturated heterocycles. The van der Waals surface area contributed by atoms with E-state index in [-0.39, 0.29) is 16.8 Å². The molecule has 0 radical (unpaired) electrons. The molecule has 0 saturated carbocycles. The topological polar surface area (TPSA) is 83.4 Å². The fourth-order valence-corrected chi connectivity index (χ4v) is 5.10. The lowest BCUT2D eigenvalue weighted by molar-refractivity contribution is -0.115. The highest BCUT2D eigenvalue weighted by molar-refractivity contribution is 7.89. The third-order valence-electron chi connectivity index (χ3n) is 5.44. The van der Waals surface area contributed by atoms with Crippen molar-refractivity contribution in [2.24, 2.45) is 7.05 Å². The molecule has 0 bridgehead atoms. The first-order chi connectivity index (χ1) is 13.8. The van der Waals surface area contributed by atoms with Gasteiger partial charge in [-0.3, -0.25) is 9.69 Å². The van der Waals surface area contributed by atoms with Crippen LogP contribution in [0.5, 0.6) is 0 Å². The average Bonchev–Trinajstić information content (AvgIpc) is 3.34. The Kier molecular flexibility index (Phi) is 6.77. The zero-order valence-electron chi connectivity index (χ0n) is 17.3. The Hall–Kier alpha value is -2.16. The summed E-state index contributed by atoms with van der Waals surface area (Å²) in [6.07, 6.45) is 4.63. The fraction of sp³-hybridized carbons (Fsp3) is 0.476. The molecule has 1 amide bonds. The number of amides is 1. The summed E-state index contributed by atoms with van der Waals surface area (Å²) in [7, 11) is -1.68. The molecule has 1 aliphatic heterocycles. The van der Waals surface area contributed by atoms with Crippen molar-refractivity contribution in [2.45, 2.75) is 44.0 Å². The lowest BCUT2D eigenvalue weighted by Gasteiger charge is -2.28. The number of nitrogens with one attached hydrogen (secondary N) is 2. The highest BCUT2D eigenvalue weighted by Gasteiger charge is 2.27. The van der Waals surface area contributed by atoms with E-state index < -0.39 is 10.0 Å². The lowest BCUT2D eigenvalue weighted by atomic mass is 10.2. The van der Waals surface area contributed by atoms with E-state index >= 15 is 0 Å². The predicted molar refractivity (Wildman–Crippen MR) is 114 cm³/mol. The minimum absolute atomic E-state index is 0.00398. The summed E-state index contributed by atoms with van der Waals surface area (Å²) >= 11 is 0. The molecule has 8 heteroatoms. The van der Waals surface area contributed by atoms with Crippen molar-refractivity contribution < 1.29 is 13.2 Å². The second-order valence-corrected chi connectivity index (χ2v) is 9.27. The number of hydrogen-bond acceptors (Lipinski definition) is 4. The molecule has 1 atom stereocenters. The maximum absolute atomic E-state index is 13.0. The molecule has 0 unspecified atom stereocenters. The summed E-state index contributed by atoms with van der Waals surface area (Å²) in [5.41, 5.74) is 2.30. The van der Waals surface area contributed by atoms with E-state index in [0.717, 1.165) is 31.6 Å². The fourth-order valence-electron chi connectivity index (χ4n) is 3.84. The molecule has 2 N–H and O–H groups in total. The summed E-state index contributed by atoms with van der Waals surface area (Å²) in [5.74, 6) is -0.103. The summed E-state index contributed by atoms with van der Waals surface area (Å²) in [6, 6.07) is 8.90. The molecule has 0 spiro atoms. The monoisotopic (exact) mass is 418 g/mol. The molecule has 1 aromatic carbocycles. The molecule has 2 aromatic rings. The second-order valence-electron chi connectivity index (χ2n) is 7.54. The number of sulfonamides is 1.